The fraction of sp³-hybridized carbons (Fsp3) is 0.267. The zero-order chi connectivity index (χ0) is 26.6. The molecule has 37 heavy (non-hydrogen) atoms. The van der Waals surface area contributed by atoms with Gasteiger partial charge in [0, 0.05) is 17.0 Å². The minimum atomic E-state index is -1.41. The average molecular weight is 517 g/mol. The Morgan fingerprint density at radius 3 is 2.14 bits per heavy atom. The minimum Gasteiger partial charge on any atom is -0.463 e. The van der Waals surface area contributed by atoms with Crippen LogP contribution >= 0.6 is 11.6 Å². The summed E-state index contributed by atoms with van der Waals surface area (Å²) in [6, 6.07) is 25.0. The highest BCUT2D eigenvalue weighted by Gasteiger charge is 2.58. The number of hydrazone groups is 1. The van der Waals surface area contributed by atoms with Crippen molar-refractivity contribution >= 4 is 40.7 Å². The van der Waals surface area contributed by atoms with Gasteiger partial charge in [-0.2, -0.15) is 10.1 Å². The van der Waals surface area contributed by atoms with Crippen molar-refractivity contribution in [3.63, 3.8) is 0 Å². The number of hydrogen-bond donors (Lipinski definition) is 0. The maximum Gasteiger partial charge on any atom is 0.311 e. The van der Waals surface area contributed by atoms with E-state index in [0.29, 0.717) is 22.0 Å². The summed E-state index contributed by atoms with van der Waals surface area (Å²) in [5.74, 6) is -2.35. The molecule has 0 saturated heterocycles. The molecule has 0 saturated carbocycles. The fourth-order valence-corrected chi connectivity index (χ4v) is 4.86. The number of amides is 1. The highest BCUT2D eigenvalue weighted by atomic mass is 35.5. The second-order valence-electron chi connectivity index (χ2n) is 9.44. The van der Waals surface area contributed by atoms with E-state index in [0.717, 1.165) is 5.56 Å². The van der Waals surface area contributed by atoms with Crippen LogP contribution < -0.4 is 5.01 Å². The van der Waals surface area contributed by atoms with Crippen LogP contribution in [0.3, 0.4) is 0 Å². The van der Waals surface area contributed by atoms with Crippen LogP contribution in [-0.4, -0.2) is 29.5 Å². The fourth-order valence-electron chi connectivity index (χ4n) is 4.73. The van der Waals surface area contributed by atoms with Crippen molar-refractivity contribution in [2.75, 3.05) is 5.01 Å². The number of halogens is 1. The maximum atomic E-state index is 14.3. The van der Waals surface area contributed by atoms with Crippen LogP contribution in [0.4, 0.5) is 5.69 Å². The highest BCUT2D eigenvalue weighted by molar-refractivity contribution is 6.30. The predicted molar refractivity (Wildman–Crippen MR) is 145 cm³/mol. The third-order valence-electron chi connectivity index (χ3n) is 6.58. The molecule has 0 fully saturated rings. The zero-order valence-corrected chi connectivity index (χ0v) is 21.8. The lowest BCUT2D eigenvalue weighted by atomic mass is 9.66. The first-order valence-electron chi connectivity index (χ1n) is 12.2. The smallest absolute Gasteiger partial charge is 0.311 e. The molecule has 3 aromatic carbocycles. The van der Waals surface area contributed by atoms with Crippen LogP contribution in [0.2, 0.25) is 5.02 Å². The average Bonchev–Trinajstić information content (AvgIpc) is 3.13. The van der Waals surface area contributed by atoms with E-state index in [1.165, 1.54) is 5.01 Å². The third kappa shape index (κ3) is 5.49. The molecule has 1 amide bonds. The van der Waals surface area contributed by atoms with E-state index in [1.54, 1.807) is 57.2 Å². The van der Waals surface area contributed by atoms with Crippen molar-refractivity contribution in [1.82, 2.24) is 0 Å². The number of rotatable bonds is 9. The monoisotopic (exact) mass is 516 g/mol. The Kier molecular flexibility index (Phi) is 7.89. The number of hydrogen-bond acceptors (Lipinski definition) is 5. The van der Waals surface area contributed by atoms with Gasteiger partial charge >= 0.3 is 5.97 Å². The Balaban J connectivity index is 1.83. The molecule has 0 unspecified atom stereocenters. The molecule has 1 heterocycles. The highest BCUT2D eigenvalue weighted by Crippen LogP contribution is 2.44. The van der Waals surface area contributed by atoms with Gasteiger partial charge in [0.25, 0.3) is 5.91 Å². The summed E-state index contributed by atoms with van der Waals surface area (Å²) in [6.07, 6.45) is -0.452. The lowest BCUT2D eigenvalue weighted by Crippen LogP contribution is -2.51. The Morgan fingerprint density at radius 2 is 1.54 bits per heavy atom. The van der Waals surface area contributed by atoms with Gasteiger partial charge in [-0.05, 0) is 69.2 Å². The van der Waals surface area contributed by atoms with Gasteiger partial charge < -0.3 is 4.74 Å². The van der Waals surface area contributed by atoms with Gasteiger partial charge in [0.1, 0.15) is 5.41 Å². The molecule has 3 aromatic rings. The number of para-hydroxylation sites is 1. The lowest BCUT2D eigenvalue weighted by molar-refractivity contribution is -0.158. The van der Waals surface area contributed by atoms with E-state index in [4.69, 9.17) is 16.3 Å². The van der Waals surface area contributed by atoms with Crippen molar-refractivity contribution in [1.29, 1.82) is 0 Å². The Morgan fingerprint density at radius 1 is 0.946 bits per heavy atom. The number of benzene rings is 3. The Hall–Kier alpha value is -3.77. The zero-order valence-electron chi connectivity index (χ0n) is 21.1. The summed E-state index contributed by atoms with van der Waals surface area (Å²) in [7, 11) is 0. The number of Topliss-reactive ketones (excluding diaryl/α,β-unsaturated/α-hetero) is 1. The van der Waals surface area contributed by atoms with Crippen LogP contribution in [0.25, 0.3) is 0 Å². The van der Waals surface area contributed by atoms with E-state index in [2.05, 4.69) is 5.10 Å². The molecule has 0 aromatic heterocycles. The molecule has 4 rings (SSSR count). The summed E-state index contributed by atoms with van der Waals surface area (Å²) >= 11 is 6.01. The minimum absolute atomic E-state index is 0.192. The number of nitrogens with zero attached hydrogens (tertiary/aromatic N) is 2. The number of carbonyl (C=O) groups excluding carboxylic acids is 3. The van der Waals surface area contributed by atoms with Crippen molar-refractivity contribution in [2.45, 2.75) is 39.7 Å². The van der Waals surface area contributed by atoms with Gasteiger partial charge in [-0.25, -0.2) is 0 Å². The molecule has 0 bridgehead atoms. The molecule has 0 spiro atoms. The first-order valence-corrected chi connectivity index (χ1v) is 12.6. The summed E-state index contributed by atoms with van der Waals surface area (Å²) in [5, 5.41) is 6.46. The van der Waals surface area contributed by atoms with Gasteiger partial charge in [0.2, 0.25) is 0 Å². The number of anilines is 1. The third-order valence-corrected chi connectivity index (χ3v) is 6.84. The van der Waals surface area contributed by atoms with Crippen LogP contribution in [0.1, 0.15) is 43.1 Å². The molecule has 1 aliphatic rings. The van der Waals surface area contributed by atoms with E-state index < -0.39 is 23.4 Å². The van der Waals surface area contributed by atoms with Gasteiger partial charge in [-0.15, -0.1) is 0 Å². The number of ether oxygens (including phenoxy) is 1. The second kappa shape index (κ2) is 11.1. The van der Waals surface area contributed by atoms with E-state index in [1.807, 2.05) is 48.5 Å². The van der Waals surface area contributed by atoms with Crippen molar-refractivity contribution < 1.29 is 19.1 Å². The summed E-state index contributed by atoms with van der Waals surface area (Å²) in [6.45, 7) is 5.23. The maximum absolute atomic E-state index is 14.3. The van der Waals surface area contributed by atoms with Gasteiger partial charge in [-0.3, -0.25) is 14.4 Å². The van der Waals surface area contributed by atoms with Crippen molar-refractivity contribution in [2.24, 2.45) is 16.4 Å². The molecule has 0 aliphatic carbocycles. The van der Waals surface area contributed by atoms with Crippen LogP contribution in [0.15, 0.2) is 90.0 Å². The molecule has 2 atom stereocenters. The summed E-state index contributed by atoms with van der Waals surface area (Å²) in [4.78, 5) is 41.4. The van der Waals surface area contributed by atoms with E-state index in [-0.39, 0.29) is 24.5 Å². The summed E-state index contributed by atoms with van der Waals surface area (Å²) in [5.41, 5.74) is 0.885. The topological polar surface area (TPSA) is 76.0 Å². The van der Waals surface area contributed by atoms with Gasteiger partial charge in [-0.1, -0.05) is 60.1 Å². The largest absolute Gasteiger partial charge is 0.463 e. The number of carbonyl (C=O) groups is 3. The number of ketones is 1. The number of esters is 1. The molecule has 190 valence electrons. The van der Waals surface area contributed by atoms with Crippen molar-refractivity contribution in [3.05, 3.63) is 101 Å². The first-order chi connectivity index (χ1) is 17.7. The molecule has 0 N–H and O–H groups in total. The molecular formula is C30H29ClN2O4. The van der Waals surface area contributed by atoms with Gasteiger partial charge in [0.15, 0.2) is 5.78 Å². The van der Waals surface area contributed by atoms with Crippen LogP contribution in [0.5, 0.6) is 0 Å². The normalized spacial score (nSPS) is 18.0. The SMILES string of the molecule is CC1=NN(c2ccccc2)C(=O)[C@]1(Cc1ccccc1)[C@@H](CC(=O)c1ccc(Cl)cc1)C(=O)OC(C)C. The van der Waals surface area contributed by atoms with Gasteiger partial charge in [0.05, 0.1) is 23.4 Å². The quantitative estimate of drug-likeness (QED) is 0.253. The standard InChI is InChI=1S/C30H29ClN2O4/c1-20(2)37-28(35)26(18-27(34)23-14-16-24(31)17-15-23)30(19-22-10-6-4-7-11-22)21(3)32-33(29(30)36)25-12-8-5-9-13-25/h4-17,20,26H,18-19H2,1-3H3/t26-,30-/m0/s1. The second-order valence-corrected chi connectivity index (χ2v) is 9.88. The molecule has 0 radical (unpaired) electrons. The van der Waals surface area contributed by atoms with Crippen LogP contribution in [-0.2, 0) is 20.7 Å². The lowest BCUT2D eigenvalue weighted by Gasteiger charge is -2.35. The first kappa shape index (κ1) is 26.3. The Bertz CT molecular complexity index is 1310. The summed E-state index contributed by atoms with van der Waals surface area (Å²) < 4.78 is 5.64. The van der Waals surface area contributed by atoms with Crippen LogP contribution in [0, 0.1) is 11.3 Å². The van der Waals surface area contributed by atoms with E-state index >= 15 is 0 Å². The predicted octanol–water partition coefficient (Wildman–Crippen LogP) is 6.13. The Labute approximate surface area is 221 Å². The molecule has 6 nitrogen and oxygen atoms in total. The van der Waals surface area contributed by atoms with Crippen molar-refractivity contribution in [3.8, 4) is 0 Å². The molecule has 1 aliphatic heterocycles. The molecule has 7 heteroatoms. The van der Waals surface area contributed by atoms with E-state index in [9.17, 15) is 14.4 Å². The molecular weight excluding hydrogens is 488 g/mol.